The molecule has 24 heavy (non-hydrogen) atoms. The topological polar surface area (TPSA) is 77.2 Å². The van der Waals surface area contributed by atoms with Crippen molar-refractivity contribution in [2.75, 3.05) is 26.0 Å². The zero-order valence-electron chi connectivity index (χ0n) is 13.2. The lowest BCUT2D eigenvalue weighted by molar-refractivity contribution is -0.118. The van der Waals surface area contributed by atoms with Crippen molar-refractivity contribution in [3.63, 3.8) is 0 Å². The molecule has 0 radical (unpaired) electrons. The van der Waals surface area contributed by atoms with Gasteiger partial charge in [-0.1, -0.05) is 30.0 Å². The zero-order valence-corrected chi connectivity index (χ0v) is 14.0. The molecule has 1 N–H and O–H groups in total. The first-order valence-electron chi connectivity index (χ1n) is 7.47. The Morgan fingerprint density at radius 2 is 2.12 bits per heavy atom. The van der Waals surface area contributed by atoms with Crippen LogP contribution in [0.4, 0.5) is 0 Å². The van der Waals surface area contributed by atoms with Crippen LogP contribution >= 0.6 is 11.8 Å². The third-order valence-corrected chi connectivity index (χ3v) is 4.27. The number of nitrogens with zero attached hydrogens (tertiary/aromatic N) is 2. The Labute approximate surface area is 143 Å². The first-order valence-corrected chi connectivity index (χ1v) is 8.45. The van der Waals surface area contributed by atoms with E-state index in [4.69, 9.17) is 9.15 Å². The maximum atomic E-state index is 11.9. The summed E-state index contributed by atoms with van der Waals surface area (Å²) in [6, 6.07) is 11.3. The average molecular weight is 343 g/mol. The predicted molar refractivity (Wildman–Crippen MR) is 92.8 cm³/mol. The summed E-state index contributed by atoms with van der Waals surface area (Å²) >= 11 is 1.38. The van der Waals surface area contributed by atoms with Crippen molar-refractivity contribution in [1.82, 2.24) is 15.3 Å². The highest BCUT2D eigenvalue weighted by Gasteiger charge is 2.12. The number of benzene rings is 1. The number of ether oxygens (including phenoxy) is 1. The van der Waals surface area contributed by atoms with E-state index in [0.29, 0.717) is 24.7 Å². The quantitative estimate of drug-likeness (QED) is 0.404. The molecule has 0 unspecified atom stereocenters. The van der Waals surface area contributed by atoms with E-state index in [9.17, 15) is 4.79 Å². The van der Waals surface area contributed by atoms with Crippen molar-refractivity contribution in [2.45, 2.75) is 5.03 Å². The molecule has 1 amide bonds. The van der Waals surface area contributed by atoms with Crippen LogP contribution in [0.2, 0.25) is 0 Å². The third-order valence-electron chi connectivity index (χ3n) is 3.28. The van der Waals surface area contributed by atoms with Crippen molar-refractivity contribution >= 4 is 28.6 Å². The lowest BCUT2D eigenvalue weighted by Crippen LogP contribution is -2.28. The Kier molecular flexibility index (Phi) is 5.45. The van der Waals surface area contributed by atoms with Crippen molar-refractivity contribution < 1.29 is 13.9 Å². The van der Waals surface area contributed by atoms with E-state index in [2.05, 4.69) is 15.3 Å². The average Bonchev–Trinajstić information content (AvgIpc) is 3.14. The van der Waals surface area contributed by atoms with E-state index in [0.717, 1.165) is 15.9 Å². The van der Waals surface area contributed by atoms with E-state index in [-0.39, 0.29) is 11.7 Å². The number of hydrogen-bond donors (Lipinski definition) is 1. The minimum absolute atomic E-state index is 0.0562. The normalized spacial score (nSPS) is 10.9. The molecule has 0 aliphatic heterocycles. The number of furan rings is 1. The van der Waals surface area contributed by atoms with E-state index in [1.54, 1.807) is 19.4 Å². The van der Waals surface area contributed by atoms with Gasteiger partial charge < -0.3 is 14.5 Å². The van der Waals surface area contributed by atoms with Crippen LogP contribution in [-0.2, 0) is 9.53 Å². The maximum absolute atomic E-state index is 11.9. The number of rotatable bonds is 7. The number of nitrogens with one attached hydrogen (secondary N) is 1. The number of hydrogen-bond acceptors (Lipinski definition) is 6. The van der Waals surface area contributed by atoms with Crippen LogP contribution in [0.3, 0.4) is 0 Å². The number of carbonyl (C=O) groups is 1. The molecule has 0 bridgehead atoms. The van der Waals surface area contributed by atoms with Gasteiger partial charge in [0.2, 0.25) is 5.91 Å². The number of fused-ring (bicyclic) bond motifs is 1. The highest BCUT2D eigenvalue weighted by molar-refractivity contribution is 8.00. The molecule has 2 heterocycles. The molecule has 3 rings (SSSR count). The summed E-state index contributed by atoms with van der Waals surface area (Å²) in [6.45, 7) is 0.994. The molecule has 6 nitrogen and oxygen atoms in total. The van der Waals surface area contributed by atoms with Gasteiger partial charge in [-0.15, -0.1) is 0 Å². The van der Waals surface area contributed by atoms with Gasteiger partial charge in [-0.2, -0.15) is 0 Å². The Balaban J connectivity index is 1.82. The highest BCUT2D eigenvalue weighted by atomic mass is 32.2. The summed E-state index contributed by atoms with van der Waals surface area (Å²) in [5.74, 6) is 1.34. The van der Waals surface area contributed by atoms with Gasteiger partial charge in [0.15, 0.2) is 11.6 Å². The van der Waals surface area contributed by atoms with Crippen LogP contribution in [-0.4, -0.2) is 41.9 Å². The first-order chi connectivity index (χ1) is 11.8. The van der Waals surface area contributed by atoms with Crippen LogP contribution in [0.15, 0.2) is 52.1 Å². The largest absolute Gasteiger partial charge is 0.461 e. The molecular formula is C17H17N3O3S. The standard InChI is InChI=1S/C17H17N3O3S/c1-22-10-8-18-15(21)11-24-17-12-5-2-3-6-13(12)19-16(20-17)14-7-4-9-23-14/h2-7,9H,8,10-11H2,1H3,(H,18,21). The Morgan fingerprint density at radius 1 is 1.25 bits per heavy atom. The number of para-hydroxylation sites is 1. The second-order valence-electron chi connectivity index (χ2n) is 4.98. The van der Waals surface area contributed by atoms with Crippen LogP contribution in [0.5, 0.6) is 0 Å². The molecule has 2 aromatic heterocycles. The van der Waals surface area contributed by atoms with Crippen LogP contribution in [0.25, 0.3) is 22.5 Å². The van der Waals surface area contributed by atoms with Gasteiger partial charge in [0.1, 0.15) is 5.03 Å². The molecular weight excluding hydrogens is 326 g/mol. The second kappa shape index (κ2) is 7.94. The molecule has 0 saturated heterocycles. The smallest absolute Gasteiger partial charge is 0.230 e. The number of methoxy groups -OCH3 is 1. The summed E-state index contributed by atoms with van der Waals surface area (Å²) in [6.07, 6.45) is 1.59. The minimum atomic E-state index is -0.0562. The fraction of sp³-hybridized carbons (Fsp3) is 0.235. The fourth-order valence-electron chi connectivity index (χ4n) is 2.15. The number of thioether (sulfide) groups is 1. The number of carbonyl (C=O) groups excluding carboxylic acids is 1. The summed E-state index contributed by atoms with van der Waals surface area (Å²) in [4.78, 5) is 21.0. The van der Waals surface area contributed by atoms with Gasteiger partial charge in [-0.3, -0.25) is 4.79 Å². The van der Waals surface area contributed by atoms with Crippen molar-refractivity contribution in [3.05, 3.63) is 42.7 Å². The lowest BCUT2D eigenvalue weighted by Gasteiger charge is -2.08. The van der Waals surface area contributed by atoms with E-state index in [1.165, 1.54) is 11.8 Å². The fourth-order valence-corrected chi connectivity index (χ4v) is 3.00. The lowest BCUT2D eigenvalue weighted by atomic mass is 10.2. The van der Waals surface area contributed by atoms with Gasteiger partial charge in [0.25, 0.3) is 0 Å². The van der Waals surface area contributed by atoms with E-state index >= 15 is 0 Å². The molecule has 124 valence electrons. The van der Waals surface area contributed by atoms with Crippen molar-refractivity contribution in [1.29, 1.82) is 0 Å². The van der Waals surface area contributed by atoms with E-state index in [1.807, 2.05) is 30.3 Å². The van der Waals surface area contributed by atoms with Crippen LogP contribution < -0.4 is 5.32 Å². The Bertz CT molecular complexity index is 821. The Hall–Kier alpha value is -2.38. The predicted octanol–water partition coefficient (Wildman–Crippen LogP) is 2.74. The summed E-state index contributed by atoms with van der Waals surface area (Å²) in [7, 11) is 1.60. The molecule has 0 aliphatic carbocycles. The molecule has 0 saturated carbocycles. The SMILES string of the molecule is COCCNC(=O)CSc1nc(-c2ccco2)nc2ccccc12. The summed E-state index contributed by atoms with van der Waals surface area (Å²) in [5.41, 5.74) is 0.821. The Morgan fingerprint density at radius 3 is 2.92 bits per heavy atom. The van der Waals surface area contributed by atoms with Gasteiger partial charge >= 0.3 is 0 Å². The highest BCUT2D eigenvalue weighted by Crippen LogP contribution is 2.28. The third kappa shape index (κ3) is 3.93. The van der Waals surface area contributed by atoms with Crippen LogP contribution in [0, 0.1) is 0 Å². The first kappa shape index (κ1) is 16.5. The molecule has 3 aromatic rings. The van der Waals surface area contributed by atoms with Gasteiger partial charge in [-0.05, 0) is 18.2 Å². The number of amides is 1. The molecule has 0 atom stereocenters. The van der Waals surface area contributed by atoms with E-state index < -0.39 is 0 Å². The monoisotopic (exact) mass is 343 g/mol. The van der Waals surface area contributed by atoms with Gasteiger partial charge in [-0.25, -0.2) is 9.97 Å². The van der Waals surface area contributed by atoms with Crippen molar-refractivity contribution in [2.24, 2.45) is 0 Å². The molecule has 7 heteroatoms. The van der Waals surface area contributed by atoms with Crippen LogP contribution in [0.1, 0.15) is 0 Å². The second-order valence-corrected chi connectivity index (χ2v) is 5.94. The number of aromatic nitrogens is 2. The van der Waals surface area contributed by atoms with Gasteiger partial charge in [0.05, 0.1) is 24.1 Å². The minimum Gasteiger partial charge on any atom is -0.461 e. The molecule has 1 aromatic carbocycles. The van der Waals surface area contributed by atoms with Crippen molar-refractivity contribution in [3.8, 4) is 11.6 Å². The summed E-state index contributed by atoms with van der Waals surface area (Å²) < 4.78 is 10.3. The van der Waals surface area contributed by atoms with Gasteiger partial charge in [0, 0.05) is 19.0 Å². The summed E-state index contributed by atoms with van der Waals surface area (Å²) in [5, 5.41) is 4.47. The zero-order chi connectivity index (χ0) is 16.8. The maximum Gasteiger partial charge on any atom is 0.230 e. The molecule has 0 fully saturated rings. The molecule has 0 aliphatic rings. The molecule has 0 spiro atoms.